The van der Waals surface area contributed by atoms with E-state index in [1.807, 2.05) is 24.3 Å². The first kappa shape index (κ1) is 13.7. The average molecular weight is 276 g/mol. The summed E-state index contributed by atoms with van der Waals surface area (Å²) in [4.78, 5) is 0.241. The zero-order valence-electron chi connectivity index (χ0n) is 10.2. The molecular formula is C14H14NO3S-. The summed E-state index contributed by atoms with van der Waals surface area (Å²) in [5.41, 5.74) is 6.64. The molecule has 0 fully saturated rings. The summed E-state index contributed by atoms with van der Waals surface area (Å²) in [7, 11) is 0. The zero-order valence-corrected chi connectivity index (χ0v) is 11.1. The van der Waals surface area contributed by atoms with Crippen LogP contribution in [0.25, 0.3) is 0 Å². The van der Waals surface area contributed by atoms with E-state index in [1.165, 1.54) is 12.1 Å². The molecular weight excluding hydrogens is 262 g/mol. The van der Waals surface area contributed by atoms with Crippen molar-refractivity contribution in [2.45, 2.75) is 11.3 Å². The van der Waals surface area contributed by atoms with E-state index in [4.69, 9.17) is 10.5 Å². The highest BCUT2D eigenvalue weighted by Crippen LogP contribution is 2.22. The molecule has 19 heavy (non-hydrogen) atoms. The van der Waals surface area contributed by atoms with Crippen LogP contribution in [0.2, 0.25) is 0 Å². The summed E-state index contributed by atoms with van der Waals surface area (Å²) in [6, 6.07) is 13.9. The SMILES string of the molecule is NCCc1ccc(Oc2ccc(S(=O)[O-])cc2)cc1. The second kappa shape index (κ2) is 6.47. The van der Waals surface area contributed by atoms with Crippen LogP contribution in [-0.4, -0.2) is 15.3 Å². The maximum Gasteiger partial charge on any atom is 0.127 e. The van der Waals surface area contributed by atoms with Crippen molar-refractivity contribution >= 4 is 11.1 Å². The zero-order chi connectivity index (χ0) is 13.7. The second-order valence-electron chi connectivity index (χ2n) is 3.99. The predicted molar refractivity (Wildman–Crippen MR) is 72.9 cm³/mol. The van der Waals surface area contributed by atoms with Crippen LogP contribution in [0.4, 0.5) is 0 Å². The quantitative estimate of drug-likeness (QED) is 0.850. The Bertz CT molecular complexity index is 552. The Balaban J connectivity index is 2.06. The van der Waals surface area contributed by atoms with E-state index >= 15 is 0 Å². The van der Waals surface area contributed by atoms with Crippen LogP contribution in [0.1, 0.15) is 5.56 Å². The summed E-state index contributed by atoms with van der Waals surface area (Å²) in [5, 5.41) is 0. The van der Waals surface area contributed by atoms with Crippen LogP contribution < -0.4 is 10.5 Å². The highest BCUT2D eigenvalue weighted by atomic mass is 32.2. The van der Waals surface area contributed by atoms with E-state index in [-0.39, 0.29) is 4.90 Å². The maximum atomic E-state index is 10.7. The van der Waals surface area contributed by atoms with Gasteiger partial charge in [0.15, 0.2) is 0 Å². The van der Waals surface area contributed by atoms with Crippen LogP contribution in [0.5, 0.6) is 11.5 Å². The molecule has 4 nitrogen and oxygen atoms in total. The Labute approximate surface area is 114 Å². The molecule has 0 aliphatic carbocycles. The van der Waals surface area contributed by atoms with Gasteiger partial charge in [-0.15, -0.1) is 0 Å². The fourth-order valence-corrected chi connectivity index (χ4v) is 2.00. The summed E-state index contributed by atoms with van der Waals surface area (Å²) in [6.45, 7) is 0.619. The molecule has 1 unspecified atom stereocenters. The van der Waals surface area contributed by atoms with Crippen LogP contribution >= 0.6 is 0 Å². The Morgan fingerprint density at radius 3 is 2.00 bits per heavy atom. The first-order valence-electron chi connectivity index (χ1n) is 5.85. The van der Waals surface area contributed by atoms with E-state index in [0.29, 0.717) is 18.0 Å². The minimum Gasteiger partial charge on any atom is -0.768 e. The summed E-state index contributed by atoms with van der Waals surface area (Å²) in [5.74, 6) is 1.30. The number of rotatable bonds is 5. The first-order chi connectivity index (χ1) is 9.19. The molecule has 100 valence electrons. The molecule has 0 saturated heterocycles. The lowest BCUT2D eigenvalue weighted by molar-refractivity contribution is 0.481. The van der Waals surface area contributed by atoms with Gasteiger partial charge in [0.1, 0.15) is 11.5 Å². The highest BCUT2D eigenvalue weighted by Gasteiger charge is 1.99. The maximum absolute atomic E-state index is 10.7. The van der Waals surface area contributed by atoms with Gasteiger partial charge in [0.2, 0.25) is 0 Å². The Morgan fingerprint density at radius 2 is 1.53 bits per heavy atom. The minimum atomic E-state index is -2.21. The topological polar surface area (TPSA) is 75.4 Å². The Hall–Kier alpha value is -1.69. The van der Waals surface area contributed by atoms with Crippen molar-refractivity contribution in [2.75, 3.05) is 6.54 Å². The number of hydrogen-bond donors (Lipinski definition) is 1. The van der Waals surface area contributed by atoms with Gasteiger partial charge in [0.05, 0.1) is 0 Å². The van der Waals surface area contributed by atoms with Crippen LogP contribution in [0.15, 0.2) is 53.4 Å². The van der Waals surface area contributed by atoms with E-state index in [0.717, 1.165) is 12.0 Å². The molecule has 0 heterocycles. The van der Waals surface area contributed by atoms with Crippen molar-refractivity contribution in [1.29, 1.82) is 0 Å². The molecule has 0 aromatic heterocycles. The molecule has 1 atom stereocenters. The van der Waals surface area contributed by atoms with Gasteiger partial charge in [0, 0.05) is 4.90 Å². The summed E-state index contributed by atoms with van der Waals surface area (Å²) in [6.07, 6.45) is 0.838. The summed E-state index contributed by atoms with van der Waals surface area (Å²) >= 11 is -2.21. The van der Waals surface area contributed by atoms with Gasteiger partial charge >= 0.3 is 0 Å². The molecule has 2 N–H and O–H groups in total. The molecule has 5 heteroatoms. The first-order valence-corrected chi connectivity index (χ1v) is 6.93. The molecule has 2 aromatic rings. The van der Waals surface area contributed by atoms with Gasteiger partial charge in [0.25, 0.3) is 0 Å². The highest BCUT2D eigenvalue weighted by molar-refractivity contribution is 7.79. The lowest BCUT2D eigenvalue weighted by atomic mass is 10.1. The average Bonchev–Trinajstić information content (AvgIpc) is 2.42. The van der Waals surface area contributed by atoms with Crippen LogP contribution in [0, 0.1) is 0 Å². The van der Waals surface area contributed by atoms with Gasteiger partial charge in [-0.25, -0.2) is 0 Å². The lowest BCUT2D eigenvalue weighted by Gasteiger charge is -2.08. The molecule has 0 aliphatic heterocycles. The third-order valence-electron chi connectivity index (χ3n) is 2.61. The standard InChI is InChI=1S/C14H15NO3S/c15-10-9-11-1-3-12(4-2-11)18-13-5-7-14(8-6-13)19(16)17/h1-8H,9-10,15H2,(H,16,17)/p-1. The van der Waals surface area contributed by atoms with Crippen molar-refractivity contribution < 1.29 is 13.5 Å². The largest absolute Gasteiger partial charge is 0.768 e. The van der Waals surface area contributed by atoms with E-state index in [1.54, 1.807) is 12.1 Å². The van der Waals surface area contributed by atoms with Crippen molar-refractivity contribution in [2.24, 2.45) is 5.73 Å². The van der Waals surface area contributed by atoms with Gasteiger partial charge in [-0.2, -0.15) is 0 Å². The Morgan fingerprint density at radius 1 is 1.00 bits per heavy atom. The van der Waals surface area contributed by atoms with Gasteiger partial charge < -0.3 is 15.0 Å². The fourth-order valence-electron chi connectivity index (χ4n) is 1.65. The van der Waals surface area contributed by atoms with Crippen LogP contribution in [-0.2, 0) is 17.5 Å². The van der Waals surface area contributed by atoms with Crippen molar-refractivity contribution in [3.05, 3.63) is 54.1 Å². The third kappa shape index (κ3) is 3.89. The fraction of sp³-hybridized carbons (Fsp3) is 0.143. The molecule has 0 bridgehead atoms. The third-order valence-corrected chi connectivity index (χ3v) is 3.27. The van der Waals surface area contributed by atoms with E-state index in [2.05, 4.69) is 0 Å². The Kier molecular flexibility index (Phi) is 4.68. The molecule has 0 amide bonds. The smallest absolute Gasteiger partial charge is 0.127 e. The lowest BCUT2D eigenvalue weighted by Crippen LogP contribution is -2.02. The molecule has 0 spiro atoms. The minimum absolute atomic E-state index is 0.241. The normalized spacial score (nSPS) is 12.1. The molecule has 2 rings (SSSR count). The van der Waals surface area contributed by atoms with Crippen molar-refractivity contribution in [1.82, 2.24) is 0 Å². The number of benzene rings is 2. The van der Waals surface area contributed by atoms with E-state index < -0.39 is 11.1 Å². The molecule has 2 aromatic carbocycles. The van der Waals surface area contributed by atoms with Crippen LogP contribution in [0.3, 0.4) is 0 Å². The molecule has 0 radical (unpaired) electrons. The van der Waals surface area contributed by atoms with Crippen molar-refractivity contribution in [3.8, 4) is 11.5 Å². The number of nitrogens with two attached hydrogens (primary N) is 1. The molecule has 0 aliphatic rings. The predicted octanol–water partition coefficient (Wildman–Crippen LogP) is 2.22. The van der Waals surface area contributed by atoms with E-state index in [9.17, 15) is 8.76 Å². The molecule has 0 saturated carbocycles. The summed E-state index contributed by atoms with van der Waals surface area (Å²) < 4.78 is 27.1. The van der Waals surface area contributed by atoms with Gasteiger partial charge in [-0.3, -0.25) is 4.21 Å². The van der Waals surface area contributed by atoms with Gasteiger partial charge in [-0.1, -0.05) is 12.1 Å². The van der Waals surface area contributed by atoms with Crippen molar-refractivity contribution in [3.63, 3.8) is 0 Å². The number of ether oxygens (including phenoxy) is 1. The number of hydrogen-bond acceptors (Lipinski definition) is 4. The monoisotopic (exact) mass is 276 g/mol. The second-order valence-corrected chi connectivity index (χ2v) is 4.93. The van der Waals surface area contributed by atoms with Gasteiger partial charge in [-0.05, 0) is 66.0 Å².